The van der Waals surface area contributed by atoms with Gasteiger partial charge >= 0.3 is 0 Å². The van der Waals surface area contributed by atoms with E-state index in [0.717, 1.165) is 12.8 Å². The van der Waals surface area contributed by atoms with E-state index in [0.29, 0.717) is 6.61 Å². The molecule has 5 nitrogen and oxygen atoms in total. The molecule has 0 aliphatic carbocycles. The lowest BCUT2D eigenvalue weighted by Crippen LogP contribution is -2.47. The third-order valence-corrected chi connectivity index (χ3v) is 2.73. The standard InChI is InChI=1S/C10H19NO4/c1-7-9(3-2-4-15-7)10(14)11-8(5-12)6-13/h7-9,12-13H,2-6H2,1H3,(H,11,14). The topological polar surface area (TPSA) is 78.8 Å². The highest BCUT2D eigenvalue weighted by molar-refractivity contribution is 5.79. The van der Waals surface area contributed by atoms with Crippen molar-refractivity contribution in [1.82, 2.24) is 5.32 Å². The zero-order valence-corrected chi connectivity index (χ0v) is 8.98. The predicted molar refractivity (Wildman–Crippen MR) is 54.2 cm³/mol. The Morgan fingerprint density at radius 2 is 2.20 bits per heavy atom. The molecule has 0 spiro atoms. The molecule has 15 heavy (non-hydrogen) atoms. The molecule has 1 rings (SSSR count). The summed E-state index contributed by atoms with van der Waals surface area (Å²) >= 11 is 0. The number of hydrogen-bond acceptors (Lipinski definition) is 4. The van der Waals surface area contributed by atoms with E-state index in [4.69, 9.17) is 14.9 Å². The first-order valence-corrected chi connectivity index (χ1v) is 5.32. The Morgan fingerprint density at radius 3 is 2.73 bits per heavy atom. The van der Waals surface area contributed by atoms with Gasteiger partial charge in [0.2, 0.25) is 5.91 Å². The van der Waals surface area contributed by atoms with Crippen LogP contribution in [0.5, 0.6) is 0 Å². The van der Waals surface area contributed by atoms with Crippen molar-refractivity contribution in [3.63, 3.8) is 0 Å². The van der Waals surface area contributed by atoms with Crippen LogP contribution in [0.4, 0.5) is 0 Å². The molecule has 0 saturated carbocycles. The van der Waals surface area contributed by atoms with E-state index >= 15 is 0 Å². The fourth-order valence-corrected chi connectivity index (χ4v) is 1.72. The monoisotopic (exact) mass is 217 g/mol. The molecule has 3 N–H and O–H groups in total. The number of rotatable bonds is 4. The molecule has 1 aliphatic rings. The fraction of sp³-hybridized carbons (Fsp3) is 0.900. The van der Waals surface area contributed by atoms with Gasteiger partial charge in [-0.25, -0.2) is 0 Å². The molecule has 2 unspecified atom stereocenters. The van der Waals surface area contributed by atoms with Crippen molar-refractivity contribution >= 4 is 5.91 Å². The Kier molecular flexibility index (Phi) is 5.01. The molecule has 0 aromatic heterocycles. The third-order valence-electron chi connectivity index (χ3n) is 2.73. The van der Waals surface area contributed by atoms with Crippen LogP contribution in [0.2, 0.25) is 0 Å². The van der Waals surface area contributed by atoms with Crippen LogP contribution in [-0.2, 0) is 9.53 Å². The number of carbonyl (C=O) groups is 1. The van der Waals surface area contributed by atoms with Gasteiger partial charge in [-0.1, -0.05) is 0 Å². The van der Waals surface area contributed by atoms with Gasteiger partial charge in [0.15, 0.2) is 0 Å². The zero-order valence-electron chi connectivity index (χ0n) is 8.98. The average Bonchev–Trinajstić information content (AvgIpc) is 2.26. The molecule has 1 amide bonds. The maximum Gasteiger partial charge on any atom is 0.226 e. The van der Waals surface area contributed by atoms with E-state index in [1.807, 2.05) is 6.92 Å². The highest BCUT2D eigenvalue weighted by atomic mass is 16.5. The molecular formula is C10H19NO4. The van der Waals surface area contributed by atoms with E-state index in [9.17, 15) is 4.79 Å². The highest BCUT2D eigenvalue weighted by Crippen LogP contribution is 2.20. The maximum atomic E-state index is 11.7. The van der Waals surface area contributed by atoms with E-state index < -0.39 is 6.04 Å². The molecule has 0 aromatic carbocycles. The van der Waals surface area contributed by atoms with Crippen LogP contribution < -0.4 is 5.32 Å². The maximum absolute atomic E-state index is 11.7. The largest absolute Gasteiger partial charge is 0.394 e. The number of amides is 1. The fourth-order valence-electron chi connectivity index (χ4n) is 1.72. The smallest absolute Gasteiger partial charge is 0.226 e. The minimum absolute atomic E-state index is 0.0863. The zero-order chi connectivity index (χ0) is 11.3. The Morgan fingerprint density at radius 1 is 1.53 bits per heavy atom. The summed E-state index contributed by atoms with van der Waals surface area (Å²) in [5.74, 6) is -0.311. The predicted octanol–water partition coefficient (Wildman–Crippen LogP) is -0.729. The number of aliphatic hydroxyl groups excluding tert-OH is 2. The van der Waals surface area contributed by atoms with Crippen molar-refractivity contribution in [1.29, 1.82) is 0 Å². The second kappa shape index (κ2) is 6.05. The van der Waals surface area contributed by atoms with Crippen LogP contribution >= 0.6 is 0 Å². The van der Waals surface area contributed by atoms with Crippen LogP contribution in [0, 0.1) is 5.92 Å². The van der Waals surface area contributed by atoms with E-state index in [-0.39, 0.29) is 31.1 Å². The lowest BCUT2D eigenvalue weighted by atomic mass is 9.94. The van der Waals surface area contributed by atoms with Crippen molar-refractivity contribution in [2.45, 2.75) is 31.9 Å². The molecule has 1 heterocycles. The number of aliphatic hydroxyl groups is 2. The van der Waals surface area contributed by atoms with Gasteiger partial charge in [0.05, 0.1) is 31.3 Å². The minimum Gasteiger partial charge on any atom is -0.394 e. The first kappa shape index (κ1) is 12.4. The summed E-state index contributed by atoms with van der Waals surface area (Å²) in [5, 5.41) is 20.3. The summed E-state index contributed by atoms with van der Waals surface area (Å²) in [6.45, 7) is 2.08. The van der Waals surface area contributed by atoms with Gasteiger partial charge in [-0.3, -0.25) is 4.79 Å². The van der Waals surface area contributed by atoms with Gasteiger partial charge in [-0.05, 0) is 19.8 Å². The van der Waals surface area contributed by atoms with Gasteiger partial charge < -0.3 is 20.3 Å². The van der Waals surface area contributed by atoms with Crippen LogP contribution in [0.1, 0.15) is 19.8 Å². The first-order valence-electron chi connectivity index (χ1n) is 5.32. The average molecular weight is 217 g/mol. The van der Waals surface area contributed by atoms with Crippen LogP contribution in [0.3, 0.4) is 0 Å². The van der Waals surface area contributed by atoms with Crippen molar-refractivity contribution < 1.29 is 19.7 Å². The lowest BCUT2D eigenvalue weighted by Gasteiger charge is -2.29. The number of ether oxygens (including phenoxy) is 1. The summed E-state index contributed by atoms with van der Waals surface area (Å²) in [5.41, 5.74) is 0. The van der Waals surface area contributed by atoms with Crippen LogP contribution in [0.15, 0.2) is 0 Å². The number of carbonyl (C=O) groups excluding carboxylic acids is 1. The Labute approximate surface area is 89.4 Å². The van der Waals surface area contributed by atoms with E-state index in [1.54, 1.807) is 0 Å². The van der Waals surface area contributed by atoms with Crippen LogP contribution in [0.25, 0.3) is 0 Å². The molecule has 5 heteroatoms. The second-order valence-corrected chi connectivity index (χ2v) is 3.90. The third kappa shape index (κ3) is 3.44. The molecule has 1 saturated heterocycles. The van der Waals surface area contributed by atoms with E-state index in [2.05, 4.69) is 5.32 Å². The second-order valence-electron chi connectivity index (χ2n) is 3.90. The van der Waals surface area contributed by atoms with Gasteiger partial charge in [-0.2, -0.15) is 0 Å². The summed E-state index contributed by atoms with van der Waals surface area (Å²) in [7, 11) is 0. The quantitative estimate of drug-likeness (QED) is 0.580. The van der Waals surface area contributed by atoms with Crippen molar-refractivity contribution in [3.05, 3.63) is 0 Å². The van der Waals surface area contributed by atoms with E-state index in [1.165, 1.54) is 0 Å². The Hall–Kier alpha value is -0.650. The normalized spacial score (nSPS) is 26.7. The summed E-state index contributed by atoms with van der Waals surface area (Å²) < 4.78 is 5.37. The van der Waals surface area contributed by atoms with Gasteiger partial charge in [0, 0.05) is 6.61 Å². The summed E-state index contributed by atoms with van der Waals surface area (Å²) in [4.78, 5) is 11.7. The molecule has 1 aliphatic heterocycles. The van der Waals surface area contributed by atoms with Crippen molar-refractivity contribution in [2.75, 3.05) is 19.8 Å². The molecule has 0 bridgehead atoms. The number of nitrogens with one attached hydrogen (secondary N) is 1. The molecule has 88 valence electrons. The SMILES string of the molecule is CC1OCCCC1C(=O)NC(CO)CO. The molecule has 2 atom stereocenters. The molecular weight excluding hydrogens is 198 g/mol. The molecule has 0 aromatic rings. The first-order chi connectivity index (χ1) is 7.19. The van der Waals surface area contributed by atoms with Gasteiger partial charge in [-0.15, -0.1) is 0 Å². The van der Waals surface area contributed by atoms with Gasteiger partial charge in [0.25, 0.3) is 0 Å². The minimum atomic E-state index is -0.563. The number of hydrogen-bond donors (Lipinski definition) is 3. The Balaban J connectivity index is 2.44. The summed E-state index contributed by atoms with van der Waals surface area (Å²) in [6, 6.07) is -0.563. The van der Waals surface area contributed by atoms with Gasteiger partial charge in [0.1, 0.15) is 0 Å². The molecule has 1 fully saturated rings. The van der Waals surface area contributed by atoms with Crippen LogP contribution in [-0.4, -0.2) is 48.1 Å². The van der Waals surface area contributed by atoms with Crippen molar-refractivity contribution in [3.8, 4) is 0 Å². The summed E-state index contributed by atoms with van der Waals surface area (Å²) in [6.07, 6.45) is 1.60. The molecule has 0 radical (unpaired) electrons. The van der Waals surface area contributed by atoms with Crippen molar-refractivity contribution in [2.24, 2.45) is 5.92 Å². The lowest BCUT2D eigenvalue weighted by molar-refractivity contribution is -0.134. The highest BCUT2D eigenvalue weighted by Gasteiger charge is 2.29. The Bertz CT molecular complexity index is 206.